The van der Waals surface area contributed by atoms with Gasteiger partial charge in [0.05, 0.1) is 19.0 Å². The number of aliphatic hydroxyl groups excluding tert-OH is 1. The minimum absolute atomic E-state index is 0.203. The topological polar surface area (TPSA) is 52.6 Å². The number of hydrogen-bond acceptors (Lipinski definition) is 3. The van der Waals surface area contributed by atoms with Crippen molar-refractivity contribution in [3.63, 3.8) is 0 Å². The van der Waals surface area contributed by atoms with Crippen LogP contribution in [0.25, 0.3) is 0 Å². The maximum Gasteiger partial charge on any atom is 0.292 e. The Kier molecular flexibility index (Phi) is 2.64. The zero-order valence-electron chi connectivity index (χ0n) is 8.25. The zero-order chi connectivity index (χ0) is 11.1. The molecule has 2 unspecified atom stereocenters. The maximum absolute atomic E-state index is 13.0. The molecular formula is C9H14F2N2O2. The number of carbonyl (C=O) groups is 1. The molecule has 0 aromatic rings. The van der Waals surface area contributed by atoms with E-state index in [4.69, 9.17) is 5.11 Å². The lowest BCUT2D eigenvalue weighted by atomic mass is 10.1. The molecule has 4 nitrogen and oxygen atoms in total. The van der Waals surface area contributed by atoms with Crippen LogP contribution in [-0.2, 0) is 4.79 Å². The van der Waals surface area contributed by atoms with Gasteiger partial charge in [0, 0.05) is 6.54 Å². The standard InChI is InChI=1S/C9H14F2N2O2/c10-9(11)5-13(4-7(9)14)8(15)6-1-2-12-3-6/h6-7,12,14H,1-5H2. The molecule has 2 rings (SSSR count). The summed E-state index contributed by atoms with van der Waals surface area (Å²) >= 11 is 0. The third-order valence-corrected chi connectivity index (χ3v) is 3.00. The monoisotopic (exact) mass is 220 g/mol. The van der Waals surface area contributed by atoms with E-state index >= 15 is 0 Å². The number of aliphatic hydroxyl groups is 1. The Morgan fingerprint density at radius 1 is 1.53 bits per heavy atom. The van der Waals surface area contributed by atoms with Crippen molar-refractivity contribution in [2.75, 3.05) is 26.2 Å². The number of amides is 1. The Hall–Kier alpha value is -0.750. The van der Waals surface area contributed by atoms with Gasteiger partial charge in [-0.15, -0.1) is 0 Å². The Morgan fingerprint density at radius 3 is 2.73 bits per heavy atom. The van der Waals surface area contributed by atoms with Gasteiger partial charge in [-0.25, -0.2) is 8.78 Å². The van der Waals surface area contributed by atoms with E-state index in [1.165, 1.54) is 0 Å². The highest BCUT2D eigenvalue weighted by atomic mass is 19.3. The van der Waals surface area contributed by atoms with Crippen LogP contribution in [0.15, 0.2) is 0 Å². The van der Waals surface area contributed by atoms with Crippen LogP contribution in [0.3, 0.4) is 0 Å². The molecule has 0 spiro atoms. The Labute approximate surface area is 86.2 Å². The molecular weight excluding hydrogens is 206 g/mol. The molecule has 2 atom stereocenters. The second-order valence-electron chi connectivity index (χ2n) is 4.19. The van der Waals surface area contributed by atoms with Crippen LogP contribution >= 0.6 is 0 Å². The summed E-state index contributed by atoms with van der Waals surface area (Å²) in [5.74, 6) is -3.62. The molecule has 0 radical (unpaired) electrons. The van der Waals surface area contributed by atoms with Crippen LogP contribution in [-0.4, -0.2) is 54.1 Å². The van der Waals surface area contributed by atoms with Gasteiger partial charge < -0.3 is 15.3 Å². The second-order valence-corrected chi connectivity index (χ2v) is 4.19. The second kappa shape index (κ2) is 3.68. The number of rotatable bonds is 1. The van der Waals surface area contributed by atoms with E-state index in [1.54, 1.807) is 0 Å². The molecule has 1 amide bonds. The average molecular weight is 220 g/mol. The first-order chi connectivity index (χ1) is 7.00. The van der Waals surface area contributed by atoms with Gasteiger partial charge in [-0.2, -0.15) is 0 Å². The van der Waals surface area contributed by atoms with E-state index in [1.807, 2.05) is 0 Å². The average Bonchev–Trinajstić information content (AvgIpc) is 2.74. The SMILES string of the molecule is O=C(C1CCNC1)N1CC(O)C(F)(F)C1. The number of hydrogen-bond donors (Lipinski definition) is 2. The smallest absolute Gasteiger partial charge is 0.292 e. The van der Waals surface area contributed by atoms with Crippen LogP contribution in [0, 0.1) is 5.92 Å². The summed E-state index contributed by atoms with van der Waals surface area (Å²) in [5.41, 5.74) is 0. The molecule has 0 aromatic carbocycles. The fraction of sp³-hybridized carbons (Fsp3) is 0.889. The number of halogens is 2. The largest absolute Gasteiger partial charge is 0.385 e. The van der Waals surface area contributed by atoms with Gasteiger partial charge in [-0.1, -0.05) is 0 Å². The van der Waals surface area contributed by atoms with Crippen LogP contribution in [0.2, 0.25) is 0 Å². The van der Waals surface area contributed by atoms with Crippen LogP contribution < -0.4 is 5.32 Å². The van der Waals surface area contributed by atoms with Crippen LogP contribution in [0.4, 0.5) is 8.78 Å². The molecule has 2 fully saturated rings. The predicted octanol–water partition coefficient (Wildman–Crippen LogP) is -0.566. The van der Waals surface area contributed by atoms with Gasteiger partial charge in [0.1, 0.15) is 6.10 Å². The third-order valence-electron chi connectivity index (χ3n) is 3.00. The van der Waals surface area contributed by atoms with Crippen molar-refractivity contribution in [1.29, 1.82) is 0 Å². The minimum atomic E-state index is -3.15. The van der Waals surface area contributed by atoms with Crippen molar-refractivity contribution < 1.29 is 18.7 Å². The summed E-state index contributed by atoms with van der Waals surface area (Å²) in [6, 6.07) is 0. The molecule has 86 valence electrons. The summed E-state index contributed by atoms with van der Waals surface area (Å²) in [7, 11) is 0. The van der Waals surface area contributed by atoms with Gasteiger partial charge in [0.25, 0.3) is 5.92 Å². The number of β-amino-alcohol motifs (C(OH)–C–C–N with tert-alkyl or cyclic N) is 1. The van der Waals surface area contributed by atoms with Crippen molar-refractivity contribution in [1.82, 2.24) is 10.2 Å². The normalized spacial score (nSPS) is 34.7. The molecule has 2 aliphatic rings. The first-order valence-electron chi connectivity index (χ1n) is 5.06. The lowest BCUT2D eigenvalue weighted by Crippen LogP contribution is -2.36. The summed E-state index contributed by atoms with van der Waals surface area (Å²) in [6.07, 6.45) is -1.02. The summed E-state index contributed by atoms with van der Waals surface area (Å²) < 4.78 is 26.0. The number of carbonyl (C=O) groups excluding carboxylic acids is 1. The minimum Gasteiger partial charge on any atom is -0.385 e. The Balaban J connectivity index is 1.98. The first-order valence-corrected chi connectivity index (χ1v) is 5.06. The van der Waals surface area contributed by atoms with Gasteiger partial charge in [-0.05, 0) is 13.0 Å². The zero-order valence-corrected chi connectivity index (χ0v) is 8.25. The maximum atomic E-state index is 13.0. The first kappa shape index (κ1) is 10.8. The molecule has 2 aliphatic heterocycles. The van der Waals surface area contributed by atoms with E-state index in [-0.39, 0.29) is 18.4 Å². The third kappa shape index (κ3) is 1.96. The molecule has 2 saturated heterocycles. The Bertz CT molecular complexity index is 267. The summed E-state index contributed by atoms with van der Waals surface area (Å²) in [6.45, 7) is 0.409. The highest BCUT2D eigenvalue weighted by molar-refractivity contribution is 5.80. The van der Waals surface area contributed by atoms with E-state index in [9.17, 15) is 13.6 Å². The summed E-state index contributed by atoms with van der Waals surface area (Å²) in [4.78, 5) is 12.8. The molecule has 0 bridgehead atoms. The predicted molar refractivity (Wildman–Crippen MR) is 48.5 cm³/mol. The molecule has 2 N–H and O–H groups in total. The quantitative estimate of drug-likeness (QED) is 0.622. The van der Waals surface area contributed by atoms with Crippen molar-refractivity contribution >= 4 is 5.91 Å². The molecule has 2 heterocycles. The molecule has 6 heteroatoms. The fourth-order valence-corrected chi connectivity index (χ4v) is 2.06. The highest BCUT2D eigenvalue weighted by Gasteiger charge is 2.49. The van der Waals surface area contributed by atoms with E-state index < -0.39 is 18.6 Å². The number of nitrogens with one attached hydrogen (secondary N) is 1. The van der Waals surface area contributed by atoms with E-state index in [2.05, 4.69) is 5.32 Å². The van der Waals surface area contributed by atoms with Crippen molar-refractivity contribution in [3.8, 4) is 0 Å². The van der Waals surface area contributed by atoms with Gasteiger partial charge in [0.2, 0.25) is 5.91 Å². The number of alkyl halides is 2. The van der Waals surface area contributed by atoms with Gasteiger partial charge in [0.15, 0.2) is 0 Å². The molecule has 0 saturated carbocycles. The number of likely N-dealkylation sites (tertiary alicyclic amines) is 1. The lowest BCUT2D eigenvalue weighted by Gasteiger charge is -2.19. The van der Waals surface area contributed by atoms with Gasteiger partial charge >= 0.3 is 0 Å². The highest BCUT2D eigenvalue weighted by Crippen LogP contribution is 2.29. The van der Waals surface area contributed by atoms with Gasteiger partial charge in [-0.3, -0.25) is 4.79 Å². The fourth-order valence-electron chi connectivity index (χ4n) is 2.06. The van der Waals surface area contributed by atoms with E-state index in [0.717, 1.165) is 11.4 Å². The lowest BCUT2D eigenvalue weighted by molar-refractivity contribution is -0.135. The van der Waals surface area contributed by atoms with Crippen LogP contribution in [0.5, 0.6) is 0 Å². The van der Waals surface area contributed by atoms with Crippen molar-refractivity contribution in [3.05, 3.63) is 0 Å². The van der Waals surface area contributed by atoms with Crippen LogP contribution in [0.1, 0.15) is 6.42 Å². The van der Waals surface area contributed by atoms with Crippen molar-refractivity contribution in [2.45, 2.75) is 18.4 Å². The van der Waals surface area contributed by atoms with Crippen molar-refractivity contribution in [2.24, 2.45) is 5.92 Å². The molecule has 0 aliphatic carbocycles. The van der Waals surface area contributed by atoms with E-state index in [0.29, 0.717) is 13.0 Å². The summed E-state index contributed by atoms with van der Waals surface area (Å²) in [5, 5.41) is 12.1. The number of nitrogens with zero attached hydrogens (tertiary/aromatic N) is 1. The molecule has 0 aromatic heterocycles. The molecule has 15 heavy (non-hydrogen) atoms. The Morgan fingerprint density at radius 2 is 2.27 bits per heavy atom.